The van der Waals surface area contributed by atoms with Crippen LogP contribution in [0.1, 0.15) is 22.3 Å². The summed E-state index contributed by atoms with van der Waals surface area (Å²) in [5.41, 5.74) is 3.88. The van der Waals surface area contributed by atoms with E-state index in [9.17, 15) is 20.2 Å². The first kappa shape index (κ1) is 20.5. The number of benzene rings is 3. The molecule has 0 aliphatic heterocycles. The molecule has 0 bridgehead atoms. The molecule has 3 aromatic carbocycles. The van der Waals surface area contributed by atoms with Gasteiger partial charge in [0.05, 0.1) is 21.2 Å². The average Bonchev–Trinajstić information content (AvgIpc) is 2.73. The highest BCUT2D eigenvalue weighted by Gasteiger charge is 2.11. The monoisotopic (exact) mass is 402 g/mol. The van der Waals surface area contributed by atoms with Gasteiger partial charge in [0.25, 0.3) is 11.4 Å². The van der Waals surface area contributed by atoms with Gasteiger partial charge >= 0.3 is 0 Å². The number of nitro benzene ring substituents is 2. The average molecular weight is 402 g/mol. The Hall–Kier alpha value is -4.20. The van der Waals surface area contributed by atoms with E-state index in [-0.39, 0.29) is 11.4 Å². The first-order chi connectivity index (χ1) is 14.3. The summed E-state index contributed by atoms with van der Waals surface area (Å²) in [4.78, 5) is 29.8. The SMILES string of the molecule is Cc1ccc(N=Cc2ccc(C=Nc3ccc(C)c([N+](=O)[O-])c3)cc2)cc1[N+](=O)[O-]. The molecule has 0 fully saturated rings. The van der Waals surface area contributed by atoms with E-state index < -0.39 is 9.85 Å². The van der Waals surface area contributed by atoms with Gasteiger partial charge < -0.3 is 0 Å². The Balaban J connectivity index is 1.72. The molecule has 0 saturated heterocycles. The van der Waals surface area contributed by atoms with Crippen molar-refractivity contribution in [1.29, 1.82) is 0 Å². The van der Waals surface area contributed by atoms with Crippen molar-refractivity contribution >= 4 is 35.2 Å². The lowest BCUT2D eigenvalue weighted by Crippen LogP contribution is -1.91. The van der Waals surface area contributed by atoms with Crippen molar-refractivity contribution in [2.45, 2.75) is 13.8 Å². The van der Waals surface area contributed by atoms with Crippen LogP contribution in [0.2, 0.25) is 0 Å². The van der Waals surface area contributed by atoms with Crippen molar-refractivity contribution in [2.24, 2.45) is 9.98 Å². The molecule has 0 unspecified atom stereocenters. The van der Waals surface area contributed by atoms with Crippen molar-refractivity contribution in [3.63, 3.8) is 0 Å². The zero-order valence-corrected chi connectivity index (χ0v) is 16.4. The van der Waals surface area contributed by atoms with Gasteiger partial charge in [0.1, 0.15) is 0 Å². The number of hydrogen-bond acceptors (Lipinski definition) is 6. The second kappa shape index (κ2) is 8.87. The third kappa shape index (κ3) is 4.99. The molecule has 8 heteroatoms. The van der Waals surface area contributed by atoms with E-state index in [2.05, 4.69) is 9.98 Å². The van der Waals surface area contributed by atoms with Crippen LogP contribution in [-0.4, -0.2) is 22.3 Å². The summed E-state index contributed by atoms with van der Waals surface area (Å²) in [6, 6.07) is 17.0. The highest BCUT2D eigenvalue weighted by molar-refractivity contribution is 5.86. The van der Waals surface area contributed by atoms with Crippen LogP contribution in [0.15, 0.2) is 70.6 Å². The topological polar surface area (TPSA) is 111 Å². The van der Waals surface area contributed by atoms with Gasteiger partial charge in [-0.05, 0) is 37.1 Å². The quantitative estimate of drug-likeness (QED) is 0.302. The van der Waals surface area contributed by atoms with Gasteiger partial charge in [-0.25, -0.2) is 0 Å². The molecule has 0 saturated carbocycles. The van der Waals surface area contributed by atoms with Crippen molar-refractivity contribution in [3.8, 4) is 0 Å². The van der Waals surface area contributed by atoms with Crippen LogP contribution in [0.5, 0.6) is 0 Å². The van der Waals surface area contributed by atoms with Crippen LogP contribution >= 0.6 is 0 Å². The Morgan fingerprint density at radius 1 is 0.667 bits per heavy atom. The van der Waals surface area contributed by atoms with E-state index >= 15 is 0 Å². The second-order valence-electron chi connectivity index (χ2n) is 6.64. The maximum Gasteiger partial charge on any atom is 0.274 e. The molecule has 0 aliphatic carbocycles. The maximum atomic E-state index is 11.0. The normalized spacial score (nSPS) is 11.3. The lowest BCUT2D eigenvalue weighted by atomic mass is 10.1. The summed E-state index contributed by atoms with van der Waals surface area (Å²) >= 11 is 0. The number of nitro groups is 2. The molecule has 0 heterocycles. The molecule has 3 rings (SSSR count). The summed E-state index contributed by atoms with van der Waals surface area (Å²) in [7, 11) is 0. The maximum absolute atomic E-state index is 11.0. The lowest BCUT2D eigenvalue weighted by Gasteiger charge is -2.00. The molecule has 30 heavy (non-hydrogen) atoms. The molecule has 0 aliphatic rings. The molecule has 0 spiro atoms. The largest absolute Gasteiger partial charge is 0.274 e. The number of aryl methyl sites for hydroxylation is 2. The Morgan fingerprint density at radius 3 is 1.37 bits per heavy atom. The van der Waals surface area contributed by atoms with Gasteiger partial charge in [0, 0.05) is 35.7 Å². The van der Waals surface area contributed by atoms with Crippen molar-refractivity contribution in [2.75, 3.05) is 0 Å². The molecule has 0 atom stereocenters. The lowest BCUT2D eigenvalue weighted by molar-refractivity contribution is -0.385. The van der Waals surface area contributed by atoms with E-state index in [0.717, 1.165) is 11.1 Å². The molecule has 3 aromatic rings. The predicted octanol–water partition coefficient (Wildman–Crippen LogP) is 5.62. The van der Waals surface area contributed by atoms with Crippen LogP contribution in [-0.2, 0) is 0 Å². The Morgan fingerprint density at radius 2 is 1.03 bits per heavy atom. The number of rotatable bonds is 6. The Labute approximate surface area is 172 Å². The molecule has 0 aromatic heterocycles. The smallest absolute Gasteiger partial charge is 0.258 e. The van der Waals surface area contributed by atoms with Crippen LogP contribution in [0.25, 0.3) is 0 Å². The molecule has 0 N–H and O–H groups in total. The first-order valence-electron chi connectivity index (χ1n) is 9.02. The van der Waals surface area contributed by atoms with Gasteiger partial charge in [-0.3, -0.25) is 30.2 Å². The molecular weight excluding hydrogens is 384 g/mol. The third-order valence-corrected chi connectivity index (χ3v) is 4.44. The summed E-state index contributed by atoms with van der Waals surface area (Å²) in [5, 5.41) is 22.1. The summed E-state index contributed by atoms with van der Waals surface area (Å²) in [6.07, 6.45) is 3.25. The van der Waals surface area contributed by atoms with Crippen LogP contribution in [0.4, 0.5) is 22.7 Å². The number of aliphatic imine (C=N–C) groups is 2. The summed E-state index contributed by atoms with van der Waals surface area (Å²) < 4.78 is 0. The first-order valence-corrected chi connectivity index (χ1v) is 9.02. The van der Waals surface area contributed by atoms with Gasteiger partial charge in [-0.2, -0.15) is 0 Å². The summed E-state index contributed by atoms with van der Waals surface area (Å²) in [6.45, 7) is 3.36. The fourth-order valence-corrected chi connectivity index (χ4v) is 2.72. The molecular formula is C22H18N4O4. The van der Waals surface area contributed by atoms with Crippen molar-refractivity contribution in [3.05, 3.63) is 103 Å². The Kier molecular flexibility index (Phi) is 6.07. The van der Waals surface area contributed by atoms with E-state index in [4.69, 9.17) is 0 Å². The van der Waals surface area contributed by atoms with E-state index in [1.165, 1.54) is 12.1 Å². The fourth-order valence-electron chi connectivity index (χ4n) is 2.72. The minimum absolute atomic E-state index is 0.0348. The second-order valence-corrected chi connectivity index (χ2v) is 6.64. The van der Waals surface area contributed by atoms with E-state index in [1.807, 2.05) is 24.3 Å². The third-order valence-electron chi connectivity index (χ3n) is 4.44. The van der Waals surface area contributed by atoms with Gasteiger partial charge in [-0.1, -0.05) is 36.4 Å². The number of hydrogen-bond donors (Lipinski definition) is 0. The minimum atomic E-state index is -0.425. The van der Waals surface area contributed by atoms with Crippen molar-refractivity contribution in [1.82, 2.24) is 0 Å². The molecule has 0 radical (unpaired) electrons. The standard InChI is InChI=1S/C22H18N4O4/c1-15-3-9-19(11-21(15)25(27)28)23-13-17-5-7-18(8-6-17)14-24-20-10-4-16(2)22(12-20)26(29)30/h3-14H,1-2H3. The molecule has 150 valence electrons. The van der Waals surface area contributed by atoms with Crippen LogP contribution in [0, 0.1) is 34.1 Å². The molecule has 0 amide bonds. The summed E-state index contributed by atoms with van der Waals surface area (Å²) in [5.74, 6) is 0. The zero-order chi connectivity index (χ0) is 21.7. The Bertz CT molecular complexity index is 1080. The minimum Gasteiger partial charge on any atom is -0.258 e. The highest BCUT2D eigenvalue weighted by atomic mass is 16.6. The van der Waals surface area contributed by atoms with Gasteiger partial charge in [0.15, 0.2) is 0 Å². The highest BCUT2D eigenvalue weighted by Crippen LogP contribution is 2.25. The van der Waals surface area contributed by atoms with Crippen molar-refractivity contribution < 1.29 is 9.85 Å². The predicted molar refractivity (Wildman–Crippen MR) is 117 cm³/mol. The van der Waals surface area contributed by atoms with Gasteiger partial charge in [0.2, 0.25) is 0 Å². The van der Waals surface area contributed by atoms with E-state index in [0.29, 0.717) is 22.5 Å². The number of nitrogens with zero attached hydrogens (tertiary/aromatic N) is 4. The van der Waals surface area contributed by atoms with E-state index in [1.54, 1.807) is 50.5 Å². The van der Waals surface area contributed by atoms with Crippen LogP contribution in [0.3, 0.4) is 0 Å². The fraction of sp³-hybridized carbons (Fsp3) is 0.0909. The molecule has 8 nitrogen and oxygen atoms in total. The van der Waals surface area contributed by atoms with Crippen LogP contribution < -0.4 is 0 Å². The zero-order valence-electron chi connectivity index (χ0n) is 16.4. The van der Waals surface area contributed by atoms with Gasteiger partial charge in [-0.15, -0.1) is 0 Å².